The summed E-state index contributed by atoms with van der Waals surface area (Å²) in [6.45, 7) is 3.91. The second kappa shape index (κ2) is 7.57. The number of fused-ring (bicyclic) bond motifs is 4. The van der Waals surface area contributed by atoms with Gasteiger partial charge in [-0.15, -0.1) is 0 Å². The number of aromatic hydroxyl groups is 1. The van der Waals surface area contributed by atoms with Gasteiger partial charge in [0, 0.05) is 27.3 Å². The molecule has 0 saturated heterocycles. The minimum Gasteiger partial charge on any atom is -0.508 e. The molecule has 0 aromatic heterocycles. The van der Waals surface area contributed by atoms with Crippen molar-refractivity contribution in [3.05, 3.63) is 99.4 Å². The number of benzene rings is 4. The molecular formula is C28H22O4. The molecule has 0 atom stereocenters. The molecule has 0 saturated carbocycles. The molecule has 32 heavy (non-hydrogen) atoms. The lowest BCUT2D eigenvalue weighted by Crippen LogP contribution is -2.19. The third-order valence-electron chi connectivity index (χ3n) is 5.98. The van der Waals surface area contributed by atoms with Crippen LogP contribution in [0.1, 0.15) is 40.4 Å². The first-order valence-electron chi connectivity index (χ1n) is 10.6. The van der Waals surface area contributed by atoms with E-state index in [1.54, 1.807) is 31.2 Å². The standard InChI is InChI=1S/C28H22O4/c1-3-6-17-9-11-19-18(15-17)10-12-23-25(20-7-4-5-8-21(20)28(30)31)22-13-14-24(29)16(2)26(22)32-27(19)23/h4-15,29H,3H2,1-2H3,(H,30,31)/b17-6+. The molecule has 0 bridgehead atoms. The zero-order valence-electron chi connectivity index (χ0n) is 17.8. The van der Waals surface area contributed by atoms with E-state index in [1.165, 1.54) is 0 Å². The highest BCUT2D eigenvalue weighted by Gasteiger charge is 2.26. The van der Waals surface area contributed by atoms with Crippen LogP contribution in [0.25, 0.3) is 22.4 Å². The predicted molar refractivity (Wildman–Crippen MR) is 126 cm³/mol. The van der Waals surface area contributed by atoms with Crippen LogP contribution in [0.2, 0.25) is 0 Å². The van der Waals surface area contributed by atoms with E-state index >= 15 is 0 Å². The second-order valence-electron chi connectivity index (χ2n) is 7.95. The van der Waals surface area contributed by atoms with Crippen LogP contribution in [0.15, 0.2) is 66.7 Å². The van der Waals surface area contributed by atoms with Crippen molar-refractivity contribution < 1.29 is 19.7 Å². The van der Waals surface area contributed by atoms with Crippen LogP contribution < -0.4 is 15.2 Å². The molecule has 4 nitrogen and oxygen atoms in total. The van der Waals surface area contributed by atoms with E-state index in [9.17, 15) is 15.0 Å². The van der Waals surface area contributed by atoms with Crippen molar-refractivity contribution in [3.63, 3.8) is 0 Å². The lowest BCUT2D eigenvalue weighted by molar-refractivity contribution is 0.0696. The topological polar surface area (TPSA) is 66.8 Å². The average molecular weight is 422 g/mol. The Kier molecular flexibility index (Phi) is 4.71. The monoisotopic (exact) mass is 422 g/mol. The molecule has 0 aliphatic carbocycles. The van der Waals surface area contributed by atoms with Crippen LogP contribution in [0, 0.1) is 6.92 Å². The zero-order valence-corrected chi connectivity index (χ0v) is 17.8. The van der Waals surface area contributed by atoms with E-state index in [1.807, 2.05) is 30.3 Å². The number of ether oxygens (including phenoxy) is 1. The Balaban J connectivity index is 1.95. The second-order valence-corrected chi connectivity index (χ2v) is 7.95. The Morgan fingerprint density at radius 3 is 2.56 bits per heavy atom. The smallest absolute Gasteiger partial charge is 0.336 e. The first-order valence-corrected chi connectivity index (χ1v) is 10.6. The lowest BCUT2D eigenvalue weighted by Gasteiger charge is -2.25. The van der Waals surface area contributed by atoms with Crippen molar-refractivity contribution in [1.29, 1.82) is 0 Å². The summed E-state index contributed by atoms with van der Waals surface area (Å²) in [5, 5.41) is 24.2. The molecule has 5 rings (SSSR count). The molecule has 0 amide bonds. The van der Waals surface area contributed by atoms with Crippen LogP contribution in [0.5, 0.6) is 17.2 Å². The number of aromatic carboxylic acids is 1. The van der Waals surface area contributed by atoms with Crippen LogP contribution in [-0.4, -0.2) is 16.2 Å². The largest absolute Gasteiger partial charge is 0.508 e. The summed E-state index contributed by atoms with van der Waals surface area (Å²) in [7, 11) is 0. The molecular weight excluding hydrogens is 400 g/mol. The van der Waals surface area contributed by atoms with Gasteiger partial charge in [0.05, 0.1) is 5.56 Å². The van der Waals surface area contributed by atoms with Gasteiger partial charge in [-0.3, -0.25) is 0 Å². The molecule has 4 aromatic carbocycles. The molecule has 4 heteroatoms. The van der Waals surface area contributed by atoms with Gasteiger partial charge in [-0.05, 0) is 59.8 Å². The van der Waals surface area contributed by atoms with E-state index in [2.05, 4.69) is 25.1 Å². The van der Waals surface area contributed by atoms with Crippen LogP contribution >= 0.6 is 0 Å². The van der Waals surface area contributed by atoms with Gasteiger partial charge in [0.15, 0.2) is 0 Å². The fraction of sp³-hybridized carbons (Fsp3) is 0.107. The van der Waals surface area contributed by atoms with E-state index in [-0.39, 0.29) is 11.3 Å². The minimum absolute atomic E-state index is 0.137. The van der Waals surface area contributed by atoms with Crippen molar-refractivity contribution in [2.45, 2.75) is 20.3 Å². The number of carbonyl (C=O) groups is 1. The first-order chi connectivity index (χ1) is 15.5. The molecule has 0 unspecified atom stereocenters. The molecule has 0 spiro atoms. The quantitative estimate of drug-likeness (QED) is 0.425. The number of rotatable bonds is 3. The Hall–Kier alpha value is -4.05. The number of phenols is 1. The summed E-state index contributed by atoms with van der Waals surface area (Å²) in [5.41, 5.74) is 3.00. The third-order valence-corrected chi connectivity index (χ3v) is 5.98. The Bertz CT molecular complexity index is 1530. The van der Waals surface area contributed by atoms with Gasteiger partial charge in [0.1, 0.15) is 17.2 Å². The number of carboxylic acids is 1. The molecule has 1 aliphatic heterocycles. The Morgan fingerprint density at radius 1 is 0.969 bits per heavy atom. The maximum atomic E-state index is 12.0. The van der Waals surface area contributed by atoms with Gasteiger partial charge < -0.3 is 14.9 Å². The van der Waals surface area contributed by atoms with Gasteiger partial charge in [-0.1, -0.05) is 49.4 Å². The molecule has 0 radical (unpaired) electrons. The van der Waals surface area contributed by atoms with E-state index in [0.717, 1.165) is 38.8 Å². The SMILES string of the molecule is CC/C=c1\ccc2c3c(ccc2c1)=C(c1ccccc1C(=O)O)c1ccc(O)c(C)c1O3. The molecule has 1 aliphatic rings. The fourth-order valence-electron chi connectivity index (χ4n) is 4.42. The highest BCUT2D eigenvalue weighted by atomic mass is 16.5. The van der Waals surface area contributed by atoms with Crippen LogP contribution in [0.3, 0.4) is 0 Å². The molecule has 158 valence electrons. The third kappa shape index (κ3) is 3.04. The summed E-state index contributed by atoms with van der Waals surface area (Å²) in [5.74, 6) is 0.364. The summed E-state index contributed by atoms with van der Waals surface area (Å²) < 4.78 is 6.42. The first kappa shape index (κ1) is 19.9. The average Bonchev–Trinajstić information content (AvgIpc) is 2.80. The maximum absolute atomic E-state index is 12.0. The van der Waals surface area contributed by atoms with Gasteiger partial charge in [0.2, 0.25) is 0 Å². The van der Waals surface area contributed by atoms with Gasteiger partial charge >= 0.3 is 5.97 Å². The zero-order chi connectivity index (χ0) is 22.4. The molecule has 0 fully saturated rings. The van der Waals surface area contributed by atoms with Crippen molar-refractivity contribution in [3.8, 4) is 17.2 Å². The summed E-state index contributed by atoms with van der Waals surface area (Å²) >= 11 is 0. The van der Waals surface area contributed by atoms with Gasteiger partial charge in [-0.2, -0.15) is 0 Å². The van der Waals surface area contributed by atoms with Crippen molar-refractivity contribution in [1.82, 2.24) is 0 Å². The minimum atomic E-state index is -0.987. The number of hydrogen-bond acceptors (Lipinski definition) is 3. The van der Waals surface area contributed by atoms with Gasteiger partial charge in [0.25, 0.3) is 0 Å². The molecule has 2 N–H and O–H groups in total. The number of hydrogen-bond donors (Lipinski definition) is 2. The van der Waals surface area contributed by atoms with Crippen molar-refractivity contribution >= 4 is 28.4 Å². The van der Waals surface area contributed by atoms with E-state index in [0.29, 0.717) is 22.6 Å². The predicted octanol–water partition coefficient (Wildman–Crippen LogP) is 5.10. The molecule has 4 aromatic rings. The highest BCUT2D eigenvalue weighted by molar-refractivity contribution is 6.00. The normalized spacial score (nSPS) is 12.9. The summed E-state index contributed by atoms with van der Waals surface area (Å²) in [4.78, 5) is 12.0. The lowest BCUT2D eigenvalue weighted by atomic mass is 9.88. The Labute approximate surface area is 185 Å². The van der Waals surface area contributed by atoms with E-state index < -0.39 is 5.97 Å². The fourth-order valence-corrected chi connectivity index (χ4v) is 4.42. The number of carboxylic acid groups (broad SMARTS) is 1. The highest BCUT2D eigenvalue weighted by Crippen LogP contribution is 2.43. The van der Waals surface area contributed by atoms with Crippen molar-refractivity contribution in [2.75, 3.05) is 0 Å². The maximum Gasteiger partial charge on any atom is 0.336 e. The number of phenolic OH excluding ortho intramolecular Hbond substituents is 1. The van der Waals surface area contributed by atoms with Crippen molar-refractivity contribution in [2.24, 2.45) is 0 Å². The van der Waals surface area contributed by atoms with Crippen LogP contribution in [0.4, 0.5) is 0 Å². The van der Waals surface area contributed by atoms with Gasteiger partial charge in [-0.25, -0.2) is 4.79 Å². The van der Waals surface area contributed by atoms with Crippen LogP contribution in [-0.2, 0) is 0 Å². The Morgan fingerprint density at radius 2 is 1.78 bits per heavy atom. The summed E-state index contributed by atoms with van der Waals surface area (Å²) in [6, 6.07) is 20.7. The van der Waals surface area contributed by atoms with E-state index in [4.69, 9.17) is 4.74 Å². The molecule has 1 heterocycles. The summed E-state index contributed by atoms with van der Waals surface area (Å²) in [6.07, 6.45) is 3.11.